The van der Waals surface area contributed by atoms with Gasteiger partial charge >= 0.3 is 5.97 Å². The van der Waals surface area contributed by atoms with Crippen molar-refractivity contribution in [3.8, 4) is 0 Å². The summed E-state index contributed by atoms with van der Waals surface area (Å²) in [6, 6.07) is 3.79. The van der Waals surface area contributed by atoms with E-state index in [9.17, 15) is 9.18 Å². The van der Waals surface area contributed by atoms with Gasteiger partial charge in [-0.25, -0.2) is 9.18 Å². The van der Waals surface area contributed by atoms with E-state index in [0.29, 0.717) is 0 Å². The van der Waals surface area contributed by atoms with Crippen LogP contribution in [0.2, 0.25) is 5.02 Å². The molecule has 0 bridgehead atoms. The highest BCUT2D eigenvalue weighted by Crippen LogP contribution is 2.29. The summed E-state index contributed by atoms with van der Waals surface area (Å²) in [5, 5.41) is 3.49. The van der Waals surface area contributed by atoms with E-state index in [4.69, 9.17) is 16.3 Å². The van der Waals surface area contributed by atoms with Crippen molar-refractivity contribution in [1.29, 1.82) is 0 Å². The van der Waals surface area contributed by atoms with Gasteiger partial charge in [-0.2, -0.15) is 0 Å². The summed E-state index contributed by atoms with van der Waals surface area (Å²) in [5.74, 6) is -0.959. The van der Waals surface area contributed by atoms with E-state index in [1.807, 2.05) is 0 Å². The Morgan fingerprint density at radius 2 is 2.14 bits per heavy atom. The Morgan fingerprint density at radius 3 is 2.76 bits per heavy atom. The molecule has 1 saturated carbocycles. The van der Waals surface area contributed by atoms with Gasteiger partial charge in [0.15, 0.2) is 0 Å². The lowest BCUT2D eigenvalue weighted by atomic mass is 9.94. The Labute approximate surface area is 129 Å². The third-order valence-electron chi connectivity index (χ3n) is 3.82. The lowest BCUT2D eigenvalue weighted by Crippen LogP contribution is -2.39. The number of ether oxygens (including phenoxy) is 1. The van der Waals surface area contributed by atoms with Crippen LogP contribution < -0.4 is 5.32 Å². The molecule has 1 aromatic carbocycles. The van der Waals surface area contributed by atoms with Gasteiger partial charge in [0.05, 0.1) is 6.61 Å². The van der Waals surface area contributed by atoms with Gasteiger partial charge in [0.1, 0.15) is 11.9 Å². The molecule has 0 saturated heterocycles. The topological polar surface area (TPSA) is 38.3 Å². The molecule has 5 heteroatoms. The quantitative estimate of drug-likeness (QED) is 0.835. The summed E-state index contributed by atoms with van der Waals surface area (Å²) in [6.07, 6.45) is 5.43. The van der Waals surface area contributed by atoms with Crippen LogP contribution in [-0.4, -0.2) is 18.6 Å². The number of halogens is 2. The first-order valence-electron chi connectivity index (χ1n) is 7.50. The molecule has 0 aliphatic heterocycles. The fourth-order valence-corrected chi connectivity index (χ4v) is 3.06. The molecule has 21 heavy (non-hydrogen) atoms. The van der Waals surface area contributed by atoms with Crippen LogP contribution in [0, 0.1) is 5.82 Å². The zero-order chi connectivity index (χ0) is 15.2. The SMILES string of the molecule is CCOC(=O)C(NC1CCCCC1)c1c(F)cccc1Cl. The van der Waals surface area contributed by atoms with E-state index in [1.165, 1.54) is 18.6 Å². The van der Waals surface area contributed by atoms with Crippen molar-refractivity contribution in [2.75, 3.05) is 6.61 Å². The van der Waals surface area contributed by atoms with Gasteiger partial charge in [-0.1, -0.05) is 36.9 Å². The Morgan fingerprint density at radius 1 is 1.43 bits per heavy atom. The highest BCUT2D eigenvalue weighted by atomic mass is 35.5. The minimum atomic E-state index is -0.846. The van der Waals surface area contributed by atoms with Crippen molar-refractivity contribution in [2.45, 2.75) is 51.1 Å². The first-order chi connectivity index (χ1) is 10.1. The smallest absolute Gasteiger partial charge is 0.327 e. The first-order valence-corrected chi connectivity index (χ1v) is 7.88. The van der Waals surface area contributed by atoms with Crippen molar-refractivity contribution in [3.05, 3.63) is 34.6 Å². The maximum Gasteiger partial charge on any atom is 0.327 e. The van der Waals surface area contributed by atoms with E-state index < -0.39 is 17.8 Å². The van der Waals surface area contributed by atoms with E-state index >= 15 is 0 Å². The summed E-state index contributed by atoms with van der Waals surface area (Å²) in [4.78, 5) is 12.2. The number of carbonyl (C=O) groups excluding carboxylic acids is 1. The summed E-state index contributed by atoms with van der Waals surface area (Å²) < 4.78 is 19.2. The molecule has 1 atom stereocenters. The van der Waals surface area contributed by atoms with E-state index in [1.54, 1.807) is 13.0 Å². The average Bonchev–Trinajstić information content (AvgIpc) is 2.47. The largest absolute Gasteiger partial charge is 0.465 e. The van der Waals surface area contributed by atoms with Gasteiger partial charge in [-0.05, 0) is 31.9 Å². The van der Waals surface area contributed by atoms with Gasteiger partial charge in [-0.3, -0.25) is 5.32 Å². The lowest BCUT2D eigenvalue weighted by molar-refractivity contribution is -0.146. The van der Waals surface area contributed by atoms with E-state index in [2.05, 4.69) is 5.32 Å². The second-order valence-electron chi connectivity index (χ2n) is 5.32. The van der Waals surface area contributed by atoms with Crippen molar-refractivity contribution in [3.63, 3.8) is 0 Å². The molecule has 0 radical (unpaired) electrons. The molecule has 1 aromatic rings. The molecule has 1 N–H and O–H groups in total. The number of hydrogen-bond acceptors (Lipinski definition) is 3. The minimum absolute atomic E-state index is 0.184. The summed E-state index contributed by atoms with van der Waals surface area (Å²) in [6.45, 7) is 1.99. The van der Waals surface area contributed by atoms with E-state index in [0.717, 1.165) is 25.7 Å². The van der Waals surface area contributed by atoms with Crippen molar-refractivity contribution in [2.24, 2.45) is 0 Å². The van der Waals surface area contributed by atoms with Crippen LogP contribution in [0.25, 0.3) is 0 Å². The molecule has 2 rings (SSSR count). The molecular formula is C16H21ClFNO2. The fraction of sp³-hybridized carbons (Fsp3) is 0.562. The predicted molar refractivity (Wildman–Crippen MR) is 80.8 cm³/mol. The van der Waals surface area contributed by atoms with Crippen molar-refractivity contribution >= 4 is 17.6 Å². The number of benzene rings is 1. The van der Waals surface area contributed by atoms with Crippen LogP contribution in [-0.2, 0) is 9.53 Å². The van der Waals surface area contributed by atoms with E-state index in [-0.39, 0.29) is 23.2 Å². The molecular weight excluding hydrogens is 293 g/mol. The molecule has 0 aromatic heterocycles. The van der Waals surface area contributed by atoms with Crippen LogP contribution >= 0.6 is 11.6 Å². The molecule has 1 unspecified atom stereocenters. The van der Waals surface area contributed by atoms with Crippen LogP contribution in [0.15, 0.2) is 18.2 Å². The zero-order valence-electron chi connectivity index (χ0n) is 12.2. The Hall–Kier alpha value is -1.13. The van der Waals surface area contributed by atoms with Gasteiger partial charge in [0, 0.05) is 16.6 Å². The van der Waals surface area contributed by atoms with Gasteiger partial charge in [0.2, 0.25) is 0 Å². The average molecular weight is 314 g/mol. The lowest BCUT2D eigenvalue weighted by Gasteiger charge is -2.28. The predicted octanol–water partition coefficient (Wildman–Crippen LogP) is 4.01. The molecule has 0 spiro atoms. The maximum atomic E-state index is 14.1. The molecule has 1 aliphatic rings. The third-order valence-corrected chi connectivity index (χ3v) is 4.15. The van der Waals surface area contributed by atoms with Crippen LogP contribution in [0.3, 0.4) is 0 Å². The van der Waals surface area contributed by atoms with Gasteiger partial charge < -0.3 is 4.74 Å². The molecule has 0 amide bonds. The first kappa shape index (κ1) is 16.2. The molecule has 1 fully saturated rings. The van der Waals surface area contributed by atoms with Crippen molar-refractivity contribution < 1.29 is 13.9 Å². The van der Waals surface area contributed by atoms with Crippen LogP contribution in [0.5, 0.6) is 0 Å². The maximum absolute atomic E-state index is 14.1. The molecule has 0 heterocycles. The Bertz CT molecular complexity index is 469. The monoisotopic (exact) mass is 313 g/mol. The highest BCUT2D eigenvalue weighted by Gasteiger charge is 2.30. The second kappa shape index (κ2) is 7.76. The Kier molecular flexibility index (Phi) is 6.00. The molecule has 116 valence electrons. The number of esters is 1. The molecule has 1 aliphatic carbocycles. The third kappa shape index (κ3) is 4.17. The van der Waals surface area contributed by atoms with Crippen molar-refractivity contribution in [1.82, 2.24) is 5.32 Å². The number of carbonyl (C=O) groups is 1. The second-order valence-corrected chi connectivity index (χ2v) is 5.73. The molecule has 3 nitrogen and oxygen atoms in total. The fourth-order valence-electron chi connectivity index (χ4n) is 2.79. The Balaban J connectivity index is 2.24. The van der Waals surface area contributed by atoms with Crippen LogP contribution in [0.4, 0.5) is 4.39 Å². The number of hydrogen-bond donors (Lipinski definition) is 1. The number of nitrogens with one attached hydrogen (secondary N) is 1. The van der Waals surface area contributed by atoms with Gasteiger partial charge in [0.25, 0.3) is 0 Å². The summed E-state index contributed by atoms with van der Waals surface area (Å²) in [5.41, 5.74) is 0.184. The minimum Gasteiger partial charge on any atom is -0.465 e. The zero-order valence-corrected chi connectivity index (χ0v) is 13.0. The number of rotatable bonds is 5. The van der Waals surface area contributed by atoms with Crippen LogP contribution in [0.1, 0.15) is 50.6 Å². The van der Waals surface area contributed by atoms with Gasteiger partial charge in [-0.15, -0.1) is 0 Å². The summed E-state index contributed by atoms with van der Waals surface area (Å²) >= 11 is 6.10. The standard InChI is InChI=1S/C16H21ClFNO2/c1-2-21-16(20)15(19-11-7-4-3-5-8-11)14-12(17)9-6-10-13(14)18/h6,9-11,15,19H,2-5,7-8H2,1H3. The highest BCUT2D eigenvalue weighted by molar-refractivity contribution is 6.31. The normalized spacial score (nSPS) is 17.5. The summed E-state index contributed by atoms with van der Waals surface area (Å²) in [7, 11) is 0.